The van der Waals surface area contributed by atoms with E-state index in [1.807, 2.05) is 30.3 Å². The van der Waals surface area contributed by atoms with Crippen LogP contribution >= 0.6 is 0 Å². The number of benzene rings is 2. The Morgan fingerprint density at radius 3 is 1.96 bits per heavy atom. The number of hydrogen-bond donors (Lipinski definition) is 0. The molecule has 0 N–H and O–H groups in total. The van der Waals surface area contributed by atoms with Crippen molar-refractivity contribution in [2.45, 2.75) is 121 Å². The number of fused-ring (bicyclic) bond motifs is 6. The molecule has 0 amide bonds. The van der Waals surface area contributed by atoms with Crippen LogP contribution in [0.25, 0.3) is 5.57 Å². The zero-order valence-electron chi connectivity index (χ0n) is 36.3. The molecule has 3 atom stereocenters. The maximum Gasteiger partial charge on any atom is -0.171 e. The molecule has 9 aliphatic rings. The molecule has 1 heteroatoms. The molecular formula is C54H70Zr-4. The van der Waals surface area contributed by atoms with Crippen molar-refractivity contribution in [1.29, 1.82) is 0 Å². The van der Waals surface area contributed by atoms with Crippen LogP contribution in [0.15, 0.2) is 101 Å². The van der Waals surface area contributed by atoms with Crippen molar-refractivity contribution in [3.8, 4) is 0 Å². The summed E-state index contributed by atoms with van der Waals surface area (Å²) in [5.41, 5.74) is 12.4. The molecule has 55 heavy (non-hydrogen) atoms. The van der Waals surface area contributed by atoms with Crippen molar-refractivity contribution in [3.63, 3.8) is 0 Å². The van der Waals surface area contributed by atoms with Crippen molar-refractivity contribution in [2.75, 3.05) is 0 Å². The van der Waals surface area contributed by atoms with Crippen molar-refractivity contribution in [3.05, 3.63) is 138 Å². The van der Waals surface area contributed by atoms with E-state index in [-0.39, 0.29) is 29.1 Å². The summed E-state index contributed by atoms with van der Waals surface area (Å²) < 4.78 is 3.34. The quantitative estimate of drug-likeness (QED) is 0.252. The fourth-order valence-corrected chi connectivity index (χ4v) is 13.5. The summed E-state index contributed by atoms with van der Waals surface area (Å²) in [5.74, 6) is 6.92. The summed E-state index contributed by atoms with van der Waals surface area (Å²) >= 11 is 1.30. The van der Waals surface area contributed by atoms with E-state index < -0.39 is 0 Å². The molecule has 0 aliphatic heterocycles. The largest absolute Gasteiger partial charge is 0.358 e. The Bertz CT molecular complexity index is 1820. The second-order valence-electron chi connectivity index (χ2n) is 20.1. The Balaban J connectivity index is 0.000000166. The van der Waals surface area contributed by atoms with Gasteiger partial charge in [0, 0.05) is 0 Å². The molecule has 3 unspecified atom stereocenters. The SMILES string of the molecule is CC1[C-]=CC(C2(C)C3CC4CC(C3)CC2C4)=C1.C[C-]1C2=C3Cc4ccccc4C3=C3C=CCCC3C2(C)C(C)(C)C(C)(C)C1(C)C.[CH2]=[Zr].[CH3-].[c-]1ccccc1. The third-order valence-corrected chi connectivity index (χ3v) is 17.8. The van der Waals surface area contributed by atoms with Gasteiger partial charge in [0.05, 0.1) is 0 Å². The first-order chi connectivity index (χ1) is 25.6. The fraction of sp³-hybridized carbons (Fsp3) is 0.537. The van der Waals surface area contributed by atoms with Crippen LogP contribution in [-0.2, 0) is 30.7 Å². The van der Waals surface area contributed by atoms with E-state index in [1.54, 1.807) is 40.2 Å². The minimum absolute atomic E-state index is 0. The summed E-state index contributed by atoms with van der Waals surface area (Å²) in [6.45, 7) is 25.1. The van der Waals surface area contributed by atoms with E-state index in [2.05, 4.69) is 134 Å². The number of rotatable bonds is 1. The van der Waals surface area contributed by atoms with Gasteiger partial charge in [0.2, 0.25) is 0 Å². The maximum absolute atomic E-state index is 3.49. The van der Waals surface area contributed by atoms with E-state index in [9.17, 15) is 0 Å². The normalized spacial score (nSPS) is 35.6. The van der Waals surface area contributed by atoms with Crippen LogP contribution in [0.3, 0.4) is 0 Å². The molecular weight excluding hydrogens is 740 g/mol. The standard InChI is InChI=1S/C29H37.C17H23.C6H5.CH3.CH2.Zr/c1-18-25-22-17-19-13-9-10-14-20(19)24(22)21-15-11-12-16-23(21)29(25,8)28(6,7)27(4,5)26(18,2)3;1-11-3-4-14(5-11)17(2)15-7-12-6-13(9-15)10-16(17)8-12;1-2-4-6-5-3-1;;;/h9-11,13-15,23H,12,16-17H2,1-8H3;4-5,11-13,15-16H,6-10H2,1-2H3;1-5H;1H3;1H2;/q4*-1;;. The van der Waals surface area contributed by atoms with Crippen molar-refractivity contribution in [1.82, 2.24) is 0 Å². The summed E-state index contributed by atoms with van der Waals surface area (Å²) in [6.07, 6.45) is 24.4. The number of hydrogen-bond acceptors (Lipinski definition) is 0. The van der Waals surface area contributed by atoms with Crippen LogP contribution in [0.4, 0.5) is 0 Å². The van der Waals surface area contributed by atoms with E-state index in [1.165, 1.54) is 73.9 Å². The molecule has 0 heterocycles. The molecule has 5 fully saturated rings. The first-order valence-electron chi connectivity index (χ1n) is 21.3. The molecule has 294 valence electrons. The van der Waals surface area contributed by atoms with Gasteiger partial charge >= 0.3 is 28.4 Å². The van der Waals surface area contributed by atoms with Gasteiger partial charge < -0.3 is 7.43 Å². The van der Waals surface area contributed by atoms with Crippen LogP contribution in [-0.4, -0.2) is 4.21 Å². The summed E-state index contributed by atoms with van der Waals surface area (Å²) in [4.78, 5) is 0. The van der Waals surface area contributed by atoms with E-state index in [0.717, 1.165) is 30.1 Å². The average molecular weight is 810 g/mol. The Morgan fingerprint density at radius 1 is 0.800 bits per heavy atom. The van der Waals surface area contributed by atoms with Gasteiger partial charge in [-0.3, -0.25) is 6.08 Å². The predicted molar refractivity (Wildman–Crippen MR) is 233 cm³/mol. The van der Waals surface area contributed by atoms with Crippen LogP contribution in [0, 0.1) is 88.1 Å². The van der Waals surface area contributed by atoms with Gasteiger partial charge in [-0.1, -0.05) is 139 Å². The van der Waals surface area contributed by atoms with Crippen molar-refractivity contribution >= 4 is 9.78 Å². The molecule has 2 aromatic carbocycles. The van der Waals surface area contributed by atoms with Gasteiger partial charge in [-0.25, -0.2) is 12.0 Å². The Hall–Kier alpha value is -2.24. The van der Waals surface area contributed by atoms with E-state index in [0.29, 0.717) is 17.3 Å². The second kappa shape index (κ2) is 15.5. The monoisotopic (exact) mass is 808 g/mol. The molecule has 0 saturated heterocycles. The van der Waals surface area contributed by atoms with Gasteiger partial charge in [-0.2, -0.15) is 59.2 Å². The first kappa shape index (κ1) is 42.4. The van der Waals surface area contributed by atoms with E-state index in [4.69, 9.17) is 0 Å². The summed E-state index contributed by atoms with van der Waals surface area (Å²) in [6, 6.07) is 21.7. The smallest absolute Gasteiger partial charge is 0.171 e. The van der Waals surface area contributed by atoms with Gasteiger partial charge in [-0.05, 0) is 96.3 Å². The molecule has 9 aliphatic carbocycles. The molecule has 4 bridgehead atoms. The molecule has 5 saturated carbocycles. The van der Waals surface area contributed by atoms with Gasteiger partial charge in [0.15, 0.2) is 0 Å². The molecule has 11 rings (SSSR count). The molecule has 0 radical (unpaired) electrons. The van der Waals surface area contributed by atoms with Gasteiger partial charge in [0.25, 0.3) is 0 Å². The summed E-state index contributed by atoms with van der Waals surface area (Å²) in [7, 11) is 0. The Labute approximate surface area is 352 Å². The summed E-state index contributed by atoms with van der Waals surface area (Å²) in [5, 5.41) is 0. The maximum atomic E-state index is 3.49. The molecule has 2 aromatic rings. The van der Waals surface area contributed by atoms with Gasteiger partial charge in [0.1, 0.15) is 0 Å². The average Bonchev–Trinajstić information content (AvgIpc) is 3.79. The first-order valence-corrected chi connectivity index (χ1v) is 23.0. The molecule has 0 nitrogen and oxygen atoms in total. The van der Waals surface area contributed by atoms with Crippen LogP contribution in [0.1, 0.15) is 125 Å². The Morgan fingerprint density at radius 2 is 1.42 bits per heavy atom. The molecule has 0 spiro atoms. The van der Waals surface area contributed by atoms with Crippen molar-refractivity contribution < 1.29 is 24.2 Å². The van der Waals surface area contributed by atoms with Gasteiger partial charge in [-0.15, -0.1) is 6.92 Å². The minimum atomic E-state index is 0. The molecule has 0 aromatic heterocycles. The predicted octanol–water partition coefficient (Wildman–Crippen LogP) is 14.3. The fourth-order valence-electron chi connectivity index (χ4n) is 13.5. The van der Waals surface area contributed by atoms with Crippen molar-refractivity contribution in [2.24, 2.45) is 62.6 Å². The topological polar surface area (TPSA) is 0 Å². The Kier molecular flexibility index (Phi) is 11.9. The second-order valence-corrected chi connectivity index (χ2v) is 20.1. The third-order valence-electron chi connectivity index (χ3n) is 17.8. The zero-order chi connectivity index (χ0) is 38.8. The van der Waals surface area contributed by atoms with Crippen LogP contribution in [0.2, 0.25) is 0 Å². The minimum Gasteiger partial charge on any atom is -0.358 e. The third kappa shape index (κ3) is 6.38. The van der Waals surface area contributed by atoms with Crippen LogP contribution in [0.5, 0.6) is 0 Å². The van der Waals surface area contributed by atoms with E-state index >= 15 is 0 Å². The zero-order valence-corrected chi connectivity index (χ0v) is 38.8. The van der Waals surface area contributed by atoms with Crippen LogP contribution < -0.4 is 0 Å². The number of allylic oxidation sites excluding steroid dienone is 10.